The van der Waals surface area contributed by atoms with E-state index in [0.29, 0.717) is 23.8 Å². The van der Waals surface area contributed by atoms with Crippen molar-refractivity contribution in [1.82, 2.24) is 10.6 Å². The Bertz CT molecular complexity index is 801. The van der Waals surface area contributed by atoms with Crippen molar-refractivity contribution in [3.8, 4) is 0 Å². The van der Waals surface area contributed by atoms with Gasteiger partial charge >= 0.3 is 6.18 Å². The van der Waals surface area contributed by atoms with Crippen molar-refractivity contribution < 1.29 is 17.4 Å². The van der Waals surface area contributed by atoms with E-state index in [1.807, 2.05) is 18.2 Å². The molecule has 9 heteroatoms. The maximum absolute atomic E-state index is 12.9. The number of alkyl halides is 3. The summed E-state index contributed by atoms with van der Waals surface area (Å²) in [5, 5.41) is 6.09. The van der Waals surface area contributed by atoms with Gasteiger partial charge in [0.25, 0.3) is 0 Å². The summed E-state index contributed by atoms with van der Waals surface area (Å²) in [4.78, 5) is 4.82. The van der Waals surface area contributed by atoms with Crippen LogP contribution in [0.4, 0.5) is 13.2 Å². The molecule has 0 radical (unpaired) electrons. The Hall–Kier alpha value is -1.62. The quantitative estimate of drug-likeness (QED) is 0.335. The first-order chi connectivity index (χ1) is 12.8. The fourth-order valence-electron chi connectivity index (χ4n) is 2.42. The molecule has 2 aromatic rings. The van der Waals surface area contributed by atoms with E-state index >= 15 is 0 Å². The summed E-state index contributed by atoms with van der Waals surface area (Å²) in [6, 6.07) is 13.9. The van der Waals surface area contributed by atoms with Gasteiger partial charge in [0.2, 0.25) is 0 Å². The lowest BCUT2D eigenvalue weighted by molar-refractivity contribution is -0.137. The topological polar surface area (TPSA) is 53.5 Å². The summed E-state index contributed by atoms with van der Waals surface area (Å²) in [5.74, 6) is 0.827. The molecule has 0 saturated carbocycles. The van der Waals surface area contributed by atoms with Crippen molar-refractivity contribution in [2.24, 2.45) is 4.99 Å². The predicted octanol–water partition coefficient (Wildman–Crippen LogP) is 4.36. The number of aliphatic imine (C=N–C) groups is 1. The van der Waals surface area contributed by atoms with E-state index in [0.717, 1.165) is 17.0 Å². The molecule has 2 rings (SSSR count). The van der Waals surface area contributed by atoms with Gasteiger partial charge in [-0.25, -0.2) is 0 Å². The van der Waals surface area contributed by atoms with Crippen LogP contribution in [0.25, 0.3) is 0 Å². The smallest absolute Gasteiger partial charge is 0.355 e. The number of benzene rings is 2. The summed E-state index contributed by atoms with van der Waals surface area (Å²) in [5.41, 5.74) is -0.185. The van der Waals surface area contributed by atoms with Gasteiger partial charge in [-0.3, -0.25) is 9.20 Å². The van der Waals surface area contributed by atoms with Crippen molar-refractivity contribution >= 4 is 40.7 Å². The van der Waals surface area contributed by atoms with Gasteiger partial charge in [0.1, 0.15) is 0 Å². The molecule has 2 atom stereocenters. The van der Waals surface area contributed by atoms with Crippen LogP contribution in [0.15, 0.2) is 64.5 Å². The zero-order valence-corrected chi connectivity index (χ0v) is 18.6. The molecule has 0 heterocycles. The first-order valence-electron chi connectivity index (χ1n) is 8.39. The van der Waals surface area contributed by atoms with Crippen LogP contribution in [0.1, 0.15) is 24.1 Å². The summed E-state index contributed by atoms with van der Waals surface area (Å²) < 4.78 is 50.8. The largest absolute Gasteiger partial charge is 0.416 e. The van der Waals surface area contributed by atoms with Crippen molar-refractivity contribution in [3.63, 3.8) is 0 Å². The molecule has 0 spiro atoms. The molecule has 0 aromatic heterocycles. The van der Waals surface area contributed by atoms with Crippen LogP contribution in [0.2, 0.25) is 0 Å². The molecular weight excluding hydrogens is 502 g/mol. The predicted molar refractivity (Wildman–Crippen MR) is 117 cm³/mol. The Labute approximate surface area is 182 Å². The zero-order valence-electron chi connectivity index (χ0n) is 15.5. The highest BCUT2D eigenvalue weighted by atomic mass is 127. The van der Waals surface area contributed by atoms with Crippen LogP contribution in [-0.2, 0) is 17.0 Å². The van der Waals surface area contributed by atoms with E-state index in [1.165, 1.54) is 6.07 Å². The molecule has 0 aliphatic carbocycles. The molecule has 2 unspecified atom stereocenters. The fraction of sp³-hybridized carbons (Fsp3) is 0.316. The lowest BCUT2D eigenvalue weighted by Gasteiger charge is -2.19. The van der Waals surface area contributed by atoms with Crippen molar-refractivity contribution in [1.29, 1.82) is 0 Å². The first-order valence-corrected chi connectivity index (χ1v) is 9.71. The maximum atomic E-state index is 12.9. The molecule has 4 nitrogen and oxygen atoms in total. The highest BCUT2D eigenvalue weighted by Crippen LogP contribution is 2.30. The number of halogens is 4. The van der Waals surface area contributed by atoms with E-state index in [2.05, 4.69) is 15.6 Å². The third kappa shape index (κ3) is 7.42. The minimum absolute atomic E-state index is 0. The summed E-state index contributed by atoms with van der Waals surface area (Å²) in [6.07, 6.45) is -4.38. The number of hydrogen-bond acceptors (Lipinski definition) is 2. The highest BCUT2D eigenvalue weighted by Gasteiger charge is 2.30. The summed E-state index contributed by atoms with van der Waals surface area (Å²) >= 11 is 0. The average molecular weight is 525 g/mol. The molecule has 154 valence electrons. The number of nitrogens with one attached hydrogen (secondary N) is 2. The fourth-order valence-corrected chi connectivity index (χ4v) is 3.40. The molecule has 28 heavy (non-hydrogen) atoms. The second-order valence-corrected chi connectivity index (χ2v) is 7.42. The van der Waals surface area contributed by atoms with E-state index in [9.17, 15) is 17.4 Å². The van der Waals surface area contributed by atoms with Gasteiger partial charge in [-0.05, 0) is 36.8 Å². The second kappa shape index (κ2) is 11.4. The lowest BCUT2D eigenvalue weighted by Crippen LogP contribution is -2.40. The van der Waals surface area contributed by atoms with Crippen LogP contribution >= 0.6 is 24.0 Å². The number of hydrogen-bond donors (Lipinski definition) is 2. The standard InChI is InChI=1S/C19H22F3N3OS.HI/c1-14(15-7-6-8-16(13-15)19(20,21)22)25-18(23-2)24-11-12-27(26)17-9-4-3-5-10-17;/h3-10,13-14H,11-12H2,1-2H3,(H2,23,24,25);1H. The first kappa shape index (κ1) is 24.4. The Kier molecular flexibility index (Phi) is 9.94. The molecule has 0 aliphatic heterocycles. The van der Waals surface area contributed by atoms with Crippen LogP contribution in [0.5, 0.6) is 0 Å². The Morgan fingerprint density at radius 2 is 1.82 bits per heavy atom. The van der Waals surface area contributed by atoms with Gasteiger partial charge in [0, 0.05) is 24.2 Å². The SMILES string of the molecule is CN=C(NCCS(=O)c1ccccc1)NC(C)c1cccc(C(F)(F)F)c1.I. The molecule has 0 saturated heterocycles. The summed E-state index contributed by atoms with van der Waals surface area (Å²) in [6.45, 7) is 2.17. The van der Waals surface area contributed by atoms with Crippen LogP contribution in [0, 0.1) is 0 Å². The van der Waals surface area contributed by atoms with Gasteiger partial charge < -0.3 is 10.6 Å². The van der Waals surface area contributed by atoms with Gasteiger partial charge in [-0.2, -0.15) is 13.2 Å². The monoisotopic (exact) mass is 525 g/mol. The van der Waals surface area contributed by atoms with Crippen LogP contribution in [-0.4, -0.2) is 29.5 Å². The molecule has 2 aromatic carbocycles. The van der Waals surface area contributed by atoms with Crippen LogP contribution in [0.3, 0.4) is 0 Å². The van der Waals surface area contributed by atoms with E-state index in [-0.39, 0.29) is 30.0 Å². The van der Waals surface area contributed by atoms with Gasteiger partial charge in [0.05, 0.1) is 22.4 Å². The molecule has 0 fully saturated rings. The second-order valence-electron chi connectivity index (χ2n) is 5.85. The maximum Gasteiger partial charge on any atom is 0.416 e. The third-order valence-electron chi connectivity index (χ3n) is 3.88. The van der Waals surface area contributed by atoms with Crippen LogP contribution < -0.4 is 10.6 Å². The van der Waals surface area contributed by atoms with Crippen molar-refractivity contribution in [2.45, 2.75) is 24.0 Å². The number of guanidine groups is 1. The van der Waals surface area contributed by atoms with E-state index in [1.54, 1.807) is 32.2 Å². The van der Waals surface area contributed by atoms with Gasteiger partial charge in [-0.1, -0.05) is 30.3 Å². The van der Waals surface area contributed by atoms with Crippen molar-refractivity contribution in [2.75, 3.05) is 19.3 Å². The molecule has 0 amide bonds. The normalized spacial score (nSPS) is 14.0. The van der Waals surface area contributed by atoms with Crippen molar-refractivity contribution in [3.05, 3.63) is 65.7 Å². The molecule has 0 bridgehead atoms. The zero-order chi connectivity index (χ0) is 19.9. The Morgan fingerprint density at radius 3 is 2.43 bits per heavy atom. The average Bonchev–Trinajstić information content (AvgIpc) is 2.67. The van der Waals surface area contributed by atoms with Gasteiger partial charge in [-0.15, -0.1) is 24.0 Å². The van der Waals surface area contributed by atoms with E-state index in [4.69, 9.17) is 0 Å². The minimum atomic E-state index is -4.38. The van der Waals surface area contributed by atoms with Gasteiger partial charge in [0.15, 0.2) is 5.96 Å². The Morgan fingerprint density at radius 1 is 1.14 bits per heavy atom. The lowest BCUT2D eigenvalue weighted by atomic mass is 10.1. The molecule has 0 aliphatic rings. The minimum Gasteiger partial charge on any atom is -0.355 e. The third-order valence-corrected chi connectivity index (χ3v) is 5.25. The van der Waals surface area contributed by atoms with E-state index < -0.39 is 22.5 Å². The number of rotatable bonds is 6. The highest BCUT2D eigenvalue weighted by molar-refractivity contribution is 14.0. The number of nitrogens with zero attached hydrogens (tertiary/aromatic N) is 1. The summed E-state index contributed by atoms with van der Waals surface area (Å²) in [7, 11) is 0.438. The molecule has 2 N–H and O–H groups in total. The Balaban J connectivity index is 0.00000392. The molecular formula is C19H23F3IN3OS.